The zero-order valence-electron chi connectivity index (χ0n) is 18.1. The lowest BCUT2D eigenvalue weighted by Crippen LogP contribution is -2.42. The van der Waals surface area contributed by atoms with Gasteiger partial charge in [-0.2, -0.15) is 0 Å². The molecule has 0 saturated carbocycles. The van der Waals surface area contributed by atoms with Crippen LogP contribution in [0.1, 0.15) is 45.2 Å². The summed E-state index contributed by atoms with van der Waals surface area (Å²) in [7, 11) is 0. The van der Waals surface area contributed by atoms with Crippen LogP contribution >= 0.6 is 12.2 Å². The number of carbonyl (C=O) groups is 2. The molecule has 0 aliphatic carbocycles. The molecule has 1 aromatic rings. The van der Waals surface area contributed by atoms with Crippen molar-refractivity contribution in [1.82, 2.24) is 15.2 Å². The number of piperidine rings is 1. The van der Waals surface area contributed by atoms with E-state index >= 15 is 0 Å². The fourth-order valence-electron chi connectivity index (χ4n) is 3.31. The lowest BCUT2D eigenvalue weighted by molar-refractivity contribution is 0.0471. The predicted octanol–water partition coefficient (Wildman–Crippen LogP) is 3.08. The maximum atomic E-state index is 12.0. The highest BCUT2D eigenvalue weighted by atomic mass is 32.1. The van der Waals surface area contributed by atoms with E-state index in [-0.39, 0.29) is 23.7 Å². The van der Waals surface area contributed by atoms with Crippen molar-refractivity contribution in [3.8, 4) is 0 Å². The van der Waals surface area contributed by atoms with Crippen LogP contribution in [0.2, 0.25) is 0 Å². The Hall–Kier alpha value is -2.46. The second-order valence-electron chi connectivity index (χ2n) is 7.38. The van der Waals surface area contributed by atoms with Crippen molar-refractivity contribution in [3.63, 3.8) is 0 Å². The van der Waals surface area contributed by atoms with Crippen molar-refractivity contribution in [2.45, 2.75) is 52.1 Å². The number of likely N-dealkylation sites (tertiary alicyclic amines) is 1. The van der Waals surface area contributed by atoms with E-state index in [1.165, 1.54) is 0 Å². The van der Waals surface area contributed by atoms with Gasteiger partial charge in [0, 0.05) is 25.2 Å². The number of carbonyl (C=O) groups excluding carboxylic acids is 2. The first-order chi connectivity index (χ1) is 14.9. The fraction of sp³-hybridized carbons (Fsp3) is 0.619. The lowest BCUT2D eigenvalue weighted by Gasteiger charge is -2.33. The van der Waals surface area contributed by atoms with Crippen molar-refractivity contribution in [3.05, 3.63) is 23.9 Å². The van der Waals surface area contributed by atoms with Gasteiger partial charge < -0.3 is 24.8 Å². The normalized spacial score (nSPS) is 15.1. The van der Waals surface area contributed by atoms with Crippen LogP contribution in [0.15, 0.2) is 18.2 Å². The highest BCUT2D eigenvalue weighted by molar-refractivity contribution is 7.80. The number of rotatable bonds is 8. The maximum absolute atomic E-state index is 12.0. The van der Waals surface area contributed by atoms with Gasteiger partial charge in [-0.1, -0.05) is 19.4 Å². The predicted molar refractivity (Wildman–Crippen MR) is 121 cm³/mol. The Kier molecular flexibility index (Phi) is 10.5. The number of unbranched alkanes of at least 4 members (excludes halogenated alkanes) is 1. The van der Waals surface area contributed by atoms with Gasteiger partial charge in [-0.15, -0.1) is 0 Å². The summed E-state index contributed by atoms with van der Waals surface area (Å²) in [6.07, 6.45) is 2.21. The number of hydrogen-bond donors (Lipinski definition) is 3. The van der Waals surface area contributed by atoms with Crippen LogP contribution in [0.5, 0.6) is 0 Å². The molecule has 1 fully saturated rings. The van der Waals surface area contributed by atoms with Crippen molar-refractivity contribution < 1.29 is 24.2 Å². The van der Waals surface area contributed by atoms with E-state index in [1.807, 2.05) is 6.07 Å². The van der Waals surface area contributed by atoms with Crippen LogP contribution in [0.3, 0.4) is 0 Å². The quantitative estimate of drug-likeness (QED) is 0.407. The van der Waals surface area contributed by atoms with Crippen molar-refractivity contribution in [2.75, 3.05) is 31.6 Å². The molecule has 1 aliphatic heterocycles. The second kappa shape index (κ2) is 13.1. The second-order valence-corrected chi connectivity index (χ2v) is 7.79. The number of ether oxygens (including phenoxy) is 2. The van der Waals surface area contributed by atoms with Crippen molar-refractivity contribution in [1.29, 1.82) is 0 Å². The number of nitrogens with one attached hydrogen (secondary N) is 2. The van der Waals surface area contributed by atoms with Gasteiger partial charge in [-0.05, 0) is 56.5 Å². The minimum atomic E-state index is -0.632. The number of aliphatic hydroxyl groups excluding tert-OH is 1. The van der Waals surface area contributed by atoms with Gasteiger partial charge in [0.25, 0.3) is 0 Å². The van der Waals surface area contributed by atoms with Crippen LogP contribution in [-0.2, 0) is 15.9 Å². The smallest absolute Gasteiger partial charge is 0.413 e. The third kappa shape index (κ3) is 8.66. The number of aliphatic hydroxyl groups is 1. The van der Waals surface area contributed by atoms with Gasteiger partial charge in [0.15, 0.2) is 5.11 Å². The van der Waals surface area contributed by atoms with E-state index in [0.717, 1.165) is 25.7 Å². The summed E-state index contributed by atoms with van der Waals surface area (Å²) >= 11 is 5.07. The molecular weight excluding hydrogens is 420 g/mol. The van der Waals surface area contributed by atoms with Gasteiger partial charge in [0.2, 0.25) is 0 Å². The number of alkyl carbamates (subject to hydrolysis) is 1. The molecule has 9 nitrogen and oxygen atoms in total. The first-order valence-electron chi connectivity index (χ1n) is 10.7. The van der Waals surface area contributed by atoms with Gasteiger partial charge in [0.05, 0.1) is 19.3 Å². The summed E-state index contributed by atoms with van der Waals surface area (Å²) in [4.78, 5) is 29.6. The Labute approximate surface area is 188 Å². The molecule has 2 heterocycles. The standard InChI is InChI=1S/C21H32N4O5S/c1-3-5-13-30-21(28)25-11-9-15(10-12-25)17(26)14-16-7-6-8-18(22-16)23-19(31)24-20(27)29-4-2/h6-8,15,17,26H,3-5,9-14H2,1-2H3,(H2,22,23,24,27,31). The molecule has 1 atom stereocenters. The third-order valence-corrected chi connectivity index (χ3v) is 5.23. The molecule has 1 unspecified atom stereocenters. The zero-order chi connectivity index (χ0) is 22.6. The maximum Gasteiger partial charge on any atom is 0.413 e. The Morgan fingerprint density at radius 1 is 1.29 bits per heavy atom. The van der Waals surface area contributed by atoms with Crippen LogP contribution in [0, 0.1) is 5.92 Å². The molecule has 0 radical (unpaired) electrons. The number of anilines is 1. The number of thiocarbonyl (C=S) groups is 1. The van der Waals surface area contributed by atoms with E-state index in [9.17, 15) is 14.7 Å². The summed E-state index contributed by atoms with van der Waals surface area (Å²) in [5, 5.41) is 16.0. The number of hydrogen-bond acceptors (Lipinski definition) is 7. The zero-order valence-corrected chi connectivity index (χ0v) is 19.0. The summed E-state index contributed by atoms with van der Waals surface area (Å²) in [6.45, 7) is 5.61. The molecular formula is C21H32N4O5S. The number of nitrogens with zero attached hydrogens (tertiary/aromatic N) is 2. The Bertz CT molecular complexity index is 740. The summed E-state index contributed by atoms with van der Waals surface area (Å²) in [5.41, 5.74) is 0.706. The Morgan fingerprint density at radius 2 is 2.03 bits per heavy atom. The van der Waals surface area contributed by atoms with Crippen molar-refractivity contribution >= 4 is 35.3 Å². The Balaban J connectivity index is 1.80. The van der Waals surface area contributed by atoms with E-state index in [1.54, 1.807) is 24.0 Å². The number of amides is 2. The van der Waals surface area contributed by atoms with E-state index < -0.39 is 12.2 Å². The SMILES string of the molecule is CCCCOC(=O)N1CCC(C(O)Cc2cccc(NC(=S)NC(=O)OCC)n2)CC1. The highest BCUT2D eigenvalue weighted by Crippen LogP contribution is 2.23. The van der Waals surface area contributed by atoms with E-state index in [2.05, 4.69) is 22.5 Å². The molecule has 1 aromatic heterocycles. The molecule has 1 aliphatic rings. The Morgan fingerprint density at radius 3 is 2.71 bits per heavy atom. The van der Waals surface area contributed by atoms with Gasteiger partial charge in [-0.3, -0.25) is 5.32 Å². The first kappa shape index (κ1) is 24.8. The molecule has 3 N–H and O–H groups in total. The molecule has 0 bridgehead atoms. The van der Waals surface area contributed by atoms with E-state index in [0.29, 0.717) is 37.6 Å². The average Bonchev–Trinajstić information content (AvgIpc) is 2.74. The molecule has 31 heavy (non-hydrogen) atoms. The van der Waals surface area contributed by atoms with Crippen molar-refractivity contribution in [2.24, 2.45) is 5.92 Å². The van der Waals surface area contributed by atoms with Gasteiger partial charge in [-0.25, -0.2) is 14.6 Å². The topological polar surface area (TPSA) is 113 Å². The lowest BCUT2D eigenvalue weighted by atomic mass is 9.89. The average molecular weight is 453 g/mol. The summed E-state index contributed by atoms with van der Waals surface area (Å²) in [5.74, 6) is 0.556. The molecule has 0 spiro atoms. The molecule has 2 amide bonds. The molecule has 0 aromatic carbocycles. The molecule has 10 heteroatoms. The first-order valence-corrected chi connectivity index (χ1v) is 11.1. The molecule has 2 rings (SSSR count). The van der Waals surface area contributed by atoms with Gasteiger partial charge >= 0.3 is 12.2 Å². The molecule has 172 valence electrons. The van der Waals surface area contributed by atoms with Crippen LogP contribution in [0.25, 0.3) is 0 Å². The summed E-state index contributed by atoms with van der Waals surface area (Å²) in [6, 6.07) is 5.35. The fourth-order valence-corrected chi connectivity index (χ4v) is 3.50. The number of aromatic nitrogens is 1. The summed E-state index contributed by atoms with van der Waals surface area (Å²) < 4.78 is 10.0. The third-order valence-electron chi connectivity index (χ3n) is 5.02. The minimum absolute atomic E-state index is 0.0850. The van der Waals surface area contributed by atoms with Crippen LogP contribution in [0.4, 0.5) is 15.4 Å². The monoisotopic (exact) mass is 452 g/mol. The number of pyridine rings is 1. The molecule has 1 saturated heterocycles. The van der Waals surface area contributed by atoms with Crippen LogP contribution in [-0.4, -0.2) is 64.7 Å². The minimum Gasteiger partial charge on any atom is -0.450 e. The van der Waals surface area contributed by atoms with Gasteiger partial charge in [0.1, 0.15) is 5.82 Å². The highest BCUT2D eigenvalue weighted by Gasteiger charge is 2.28. The van der Waals surface area contributed by atoms with Crippen LogP contribution < -0.4 is 10.6 Å². The van der Waals surface area contributed by atoms with E-state index in [4.69, 9.17) is 21.7 Å². The largest absolute Gasteiger partial charge is 0.450 e.